The van der Waals surface area contributed by atoms with Gasteiger partial charge in [0, 0.05) is 10.0 Å². The van der Waals surface area contributed by atoms with Crippen molar-refractivity contribution in [2.75, 3.05) is 6.54 Å². The molecule has 0 aliphatic carbocycles. The first-order valence-electron chi connectivity index (χ1n) is 7.48. The molecule has 1 heterocycles. The van der Waals surface area contributed by atoms with Crippen LogP contribution < -0.4 is 0 Å². The summed E-state index contributed by atoms with van der Waals surface area (Å²) in [6, 6.07) is 10.2. The minimum absolute atomic E-state index is 0.182. The molecule has 2 aromatic rings. The van der Waals surface area contributed by atoms with Crippen LogP contribution in [0.1, 0.15) is 15.9 Å². The molecule has 0 bridgehead atoms. The average Bonchev–Trinajstić information content (AvgIpc) is 2.87. The van der Waals surface area contributed by atoms with Gasteiger partial charge < -0.3 is 5.11 Å². The van der Waals surface area contributed by atoms with Gasteiger partial charge in [-0.1, -0.05) is 28.1 Å². The molecule has 1 saturated heterocycles. The first-order valence-corrected chi connectivity index (χ1v) is 11.2. The highest BCUT2D eigenvalue weighted by Crippen LogP contribution is 2.34. The van der Waals surface area contributed by atoms with Crippen molar-refractivity contribution in [3.8, 4) is 5.75 Å². The van der Waals surface area contributed by atoms with Crippen LogP contribution >= 0.6 is 72.9 Å². The highest BCUT2D eigenvalue weighted by Gasteiger charge is 2.36. The van der Waals surface area contributed by atoms with Gasteiger partial charge in [-0.25, -0.2) is 0 Å². The smallest absolute Gasteiger partial charge is 0.293 e. The van der Waals surface area contributed by atoms with Crippen LogP contribution in [0.2, 0.25) is 0 Å². The number of ketones is 1. The predicted octanol–water partition coefficient (Wildman–Crippen LogP) is 5.28. The Morgan fingerprint density at radius 3 is 2.33 bits per heavy atom. The van der Waals surface area contributed by atoms with Crippen LogP contribution in [0.4, 0.5) is 4.79 Å². The standard InChI is InChI=1S/C18H10BrI2NO4S/c19-11-3-1-10(2-4-11)14(23)8-22-17(25)15(27-18(22)26)7-9-5-12(20)16(24)13(21)6-9/h1-7,24H,8H2/b15-7+. The third kappa shape index (κ3) is 4.74. The van der Waals surface area contributed by atoms with Crippen LogP contribution in [0.3, 0.4) is 0 Å². The van der Waals surface area contributed by atoms with Crippen molar-refractivity contribution in [2.24, 2.45) is 0 Å². The van der Waals surface area contributed by atoms with Gasteiger partial charge in [-0.15, -0.1) is 0 Å². The zero-order valence-electron chi connectivity index (χ0n) is 13.4. The Hall–Kier alpha value is -0.920. The molecular formula is C18H10BrI2NO4S. The van der Waals surface area contributed by atoms with Gasteiger partial charge in [-0.3, -0.25) is 19.3 Å². The number of benzene rings is 2. The number of halogens is 3. The number of carbonyl (C=O) groups excluding carboxylic acids is 3. The van der Waals surface area contributed by atoms with Crippen LogP contribution in [0.15, 0.2) is 45.8 Å². The van der Waals surface area contributed by atoms with E-state index in [-0.39, 0.29) is 23.0 Å². The van der Waals surface area contributed by atoms with Crippen LogP contribution in [-0.2, 0) is 4.79 Å². The summed E-state index contributed by atoms with van der Waals surface area (Å²) in [5, 5.41) is 9.37. The van der Waals surface area contributed by atoms with E-state index >= 15 is 0 Å². The number of Topliss-reactive ketones (excluding diaryl/α,β-unsaturated/α-hetero) is 1. The molecule has 27 heavy (non-hydrogen) atoms. The molecule has 2 aromatic carbocycles. The van der Waals surface area contributed by atoms with E-state index < -0.39 is 11.1 Å². The molecule has 1 aliphatic rings. The number of thioether (sulfide) groups is 1. The summed E-state index contributed by atoms with van der Waals surface area (Å²) >= 11 is 8.10. The van der Waals surface area contributed by atoms with Crippen molar-refractivity contribution in [3.63, 3.8) is 0 Å². The predicted molar refractivity (Wildman–Crippen MR) is 125 cm³/mol. The Bertz CT molecular complexity index is 968. The maximum atomic E-state index is 12.6. The van der Waals surface area contributed by atoms with Gasteiger partial charge >= 0.3 is 0 Å². The Kier molecular flexibility index (Phi) is 6.64. The van der Waals surface area contributed by atoms with E-state index in [2.05, 4.69) is 15.9 Å². The number of hydrogen-bond donors (Lipinski definition) is 1. The van der Waals surface area contributed by atoms with E-state index in [1.807, 2.05) is 45.2 Å². The number of phenolic OH excluding ortho intramolecular Hbond substituents is 1. The topological polar surface area (TPSA) is 74.7 Å². The molecular weight excluding hydrogens is 660 g/mol. The van der Waals surface area contributed by atoms with Gasteiger partial charge in [0.15, 0.2) is 5.78 Å². The number of hydrogen-bond acceptors (Lipinski definition) is 5. The number of phenols is 1. The summed E-state index contributed by atoms with van der Waals surface area (Å²) in [5.74, 6) is -0.616. The first-order chi connectivity index (χ1) is 12.8. The lowest BCUT2D eigenvalue weighted by Crippen LogP contribution is -2.33. The number of carbonyl (C=O) groups is 3. The molecule has 1 N–H and O–H groups in total. The lowest BCUT2D eigenvalue weighted by molar-refractivity contribution is -0.122. The molecule has 1 aliphatic heterocycles. The maximum absolute atomic E-state index is 12.6. The summed E-state index contributed by atoms with van der Waals surface area (Å²) in [5.41, 5.74) is 1.13. The van der Waals surface area contributed by atoms with Crippen LogP contribution in [-0.4, -0.2) is 33.5 Å². The first kappa shape index (κ1) is 20.8. The van der Waals surface area contributed by atoms with E-state index in [1.165, 1.54) is 0 Å². The van der Waals surface area contributed by atoms with Crippen molar-refractivity contribution in [3.05, 3.63) is 64.0 Å². The van der Waals surface area contributed by atoms with Gasteiger partial charge in [0.25, 0.3) is 11.1 Å². The number of amides is 2. The van der Waals surface area contributed by atoms with Crippen molar-refractivity contribution in [1.82, 2.24) is 4.90 Å². The van der Waals surface area contributed by atoms with Crippen molar-refractivity contribution >= 4 is 95.9 Å². The van der Waals surface area contributed by atoms with Crippen molar-refractivity contribution in [1.29, 1.82) is 0 Å². The Morgan fingerprint density at radius 2 is 1.74 bits per heavy atom. The van der Waals surface area contributed by atoms with E-state index in [1.54, 1.807) is 42.5 Å². The normalized spacial score (nSPS) is 15.7. The van der Waals surface area contributed by atoms with Crippen LogP contribution in [0, 0.1) is 7.14 Å². The van der Waals surface area contributed by atoms with Crippen LogP contribution in [0.25, 0.3) is 6.08 Å². The fourth-order valence-corrected chi connectivity index (χ4v) is 5.25. The van der Waals surface area contributed by atoms with Gasteiger partial charge in [-0.2, -0.15) is 0 Å². The monoisotopic (exact) mass is 669 g/mol. The molecule has 0 saturated carbocycles. The molecule has 9 heteroatoms. The van der Waals surface area contributed by atoms with E-state index in [4.69, 9.17) is 0 Å². The molecule has 3 rings (SSSR count). The lowest BCUT2D eigenvalue weighted by atomic mass is 10.1. The van der Waals surface area contributed by atoms with Crippen molar-refractivity contribution < 1.29 is 19.5 Å². The SMILES string of the molecule is O=C(CN1C(=O)S/C(=C/c2cc(I)c(O)c(I)c2)C1=O)c1ccc(Br)cc1. The summed E-state index contributed by atoms with van der Waals surface area (Å²) in [6.07, 6.45) is 1.60. The average molecular weight is 670 g/mol. The number of imide groups is 1. The van der Waals surface area contributed by atoms with Gasteiger partial charge in [-0.05, 0) is 92.8 Å². The van der Waals surface area contributed by atoms with E-state index in [0.717, 1.165) is 21.1 Å². The Balaban J connectivity index is 1.80. The zero-order chi connectivity index (χ0) is 19.7. The highest BCUT2D eigenvalue weighted by atomic mass is 127. The molecule has 1 fully saturated rings. The summed E-state index contributed by atoms with van der Waals surface area (Å²) in [6.45, 7) is -0.297. The Morgan fingerprint density at radius 1 is 1.15 bits per heavy atom. The third-order valence-electron chi connectivity index (χ3n) is 3.68. The molecule has 138 valence electrons. The second kappa shape index (κ2) is 8.62. The quantitative estimate of drug-likeness (QED) is 0.273. The summed E-state index contributed by atoms with van der Waals surface area (Å²) in [7, 11) is 0. The molecule has 0 aromatic heterocycles. The van der Waals surface area contributed by atoms with Gasteiger partial charge in [0.1, 0.15) is 5.75 Å². The number of aromatic hydroxyl groups is 1. The maximum Gasteiger partial charge on any atom is 0.293 e. The Labute approximate surface area is 195 Å². The molecule has 0 spiro atoms. The van der Waals surface area contributed by atoms with Gasteiger partial charge in [0.05, 0.1) is 18.6 Å². The van der Waals surface area contributed by atoms with E-state index in [0.29, 0.717) is 18.3 Å². The molecule has 2 amide bonds. The minimum atomic E-state index is -0.492. The molecule has 0 atom stereocenters. The zero-order valence-corrected chi connectivity index (χ0v) is 20.1. The molecule has 5 nitrogen and oxygen atoms in total. The number of rotatable bonds is 4. The highest BCUT2D eigenvalue weighted by molar-refractivity contribution is 14.1. The third-order valence-corrected chi connectivity index (χ3v) is 6.76. The largest absolute Gasteiger partial charge is 0.506 e. The molecule has 0 unspecified atom stereocenters. The van der Waals surface area contributed by atoms with Crippen molar-refractivity contribution in [2.45, 2.75) is 0 Å². The second-order valence-electron chi connectivity index (χ2n) is 5.53. The number of nitrogens with zero attached hydrogens (tertiary/aromatic N) is 1. The lowest BCUT2D eigenvalue weighted by Gasteiger charge is -2.11. The van der Waals surface area contributed by atoms with Gasteiger partial charge in [0.2, 0.25) is 0 Å². The van der Waals surface area contributed by atoms with Crippen LogP contribution in [0.5, 0.6) is 5.75 Å². The summed E-state index contributed by atoms with van der Waals surface area (Å²) < 4.78 is 2.14. The minimum Gasteiger partial charge on any atom is -0.506 e. The molecule has 0 radical (unpaired) electrons. The fraction of sp³-hybridized carbons (Fsp3) is 0.0556. The second-order valence-corrected chi connectivity index (χ2v) is 9.76. The summed E-state index contributed by atoms with van der Waals surface area (Å²) in [4.78, 5) is 38.4. The van der Waals surface area contributed by atoms with E-state index in [9.17, 15) is 19.5 Å². The fourth-order valence-electron chi connectivity index (χ4n) is 2.33.